The van der Waals surface area contributed by atoms with Gasteiger partial charge in [0.2, 0.25) is 0 Å². The highest BCUT2D eigenvalue weighted by Crippen LogP contribution is 2.45. The molecule has 1 aliphatic heterocycles. The Morgan fingerprint density at radius 1 is 1.03 bits per heavy atom. The molecule has 4 aromatic rings. The summed E-state index contributed by atoms with van der Waals surface area (Å²) < 4.78 is 26.0. The van der Waals surface area contributed by atoms with Crippen molar-refractivity contribution >= 4 is 5.82 Å². The molecular formula is C30H30FN3O5. The van der Waals surface area contributed by atoms with Crippen LogP contribution in [-0.2, 0) is 12.2 Å². The fourth-order valence-corrected chi connectivity index (χ4v) is 5.54. The first-order chi connectivity index (χ1) is 18.8. The highest BCUT2D eigenvalue weighted by atomic mass is 19.1. The van der Waals surface area contributed by atoms with E-state index in [1.54, 1.807) is 12.1 Å². The van der Waals surface area contributed by atoms with Crippen LogP contribution in [0.4, 0.5) is 10.2 Å². The third kappa shape index (κ3) is 4.72. The van der Waals surface area contributed by atoms with Gasteiger partial charge in [0.15, 0.2) is 5.75 Å². The van der Waals surface area contributed by atoms with E-state index >= 15 is 0 Å². The fourth-order valence-electron chi connectivity index (χ4n) is 5.54. The Balaban J connectivity index is 1.19. The lowest BCUT2D eigenvalue weighted by Crippen LogP contribution is -2.60. The Bertz CT molecular complexity index is 1500. The van der Waals surface area contributed by atoms with Crippen LogP contribution in [0.15, 0.2) is 53.2 Å². The van der Waals surface area contributed by atoms with E-state index in [-0.39, 0.29) is 18.2 Å². The van der Waals surface area contributed by atoms with Crippen LogP contribution in [0, 0.1) is 26.6 Å². The first kappa shape index (κ1) is 25.3. The van der Waals surface area contributed by atoms with Gasteiger partial charge in [-0.15, -0.1) is 0 Å². The molecule has 2 N–H and O–H groups in total. The molecule has 39 heavy (non-hydrogen) atoms. The van der Waals surface area contributed by atoms with Crippen LogP contribution in [0.1, 0.15) is 52.3 Å². The molecule has 0 atom stereocenters. The summed E-state index contributed by atoms with van der Waals surface area (Å²) >= 11 is 0. The van der Waals surface area contributed by atoms with Crippen molar-refractivity contribution in [2.75, 3.05) is 18.0 Å². The van der Waals surface area contributed by atoms with Crippen molar-refractivity contribution in [1.29, 1.82) is 0 Å². The van der Waals surface area contributed by atoms with Gasteiger partial charge in [-0.25, -0.2) is 14.6 Å². The molecule has 0 radical (unpaired) electrons. The van der Waals surface area contributed by atoms with Crippen LogP contribution < -0.4 is 14.5 Å². The van der Waals surface area contributed by atoms with E-state index in [9.17, 15) is 9.50 Å². The Labute approximate surface area is 225 Å². The SMILES string of the molecule is Cc1cc(OCc2c(-c3c(C)cc(F)cc3C)noc2C2CC2)ccc1C1(O)CN(c2ccc(OO)cn2)C1. The molecule has 1 aliphatic carbocycles. The van der Waals surface area contributed by atoms with Crippen molar-refractivity contribution in [1.82, 2.24) is 10.1 Å². The van der Waals surface area contributed by atoms with E-state index in [1.807, 2.05) is 43.9 Å². The van der Waals surface area contributed by atoms with Crippen LogP contribution in [0.5, 0.6) is 11.5 Å². The molecule has 0 spiro atoms. The number of pyridine rings is 1. The van der Waals surface area contributed by atoms with E-state index < -0.39 is 5.60 Å². The van der Waals surface area contributed by atoms with Crippen molar-refractivity contribution in [2.24, 2.45) is 0 Å². The summed E-state index contributed by atoms with van der Waals surface area (Å²) in [6.45, 7) is 6.78. The van der Waals surface area contributed by atoms with Crippen molar-refractivity contribution in [3.05, 3.63) is 88.1 Å². The number of aromatic nitrogens is 2. The van der Waals surface area contributed by atoms with Crippen molar-refractivity contribution in [3.8, 4) is 22.8 Å². The number of nitrogens with zero attached hydrogens (tertiary/aromatic N) is 3. The monoisotopic (exact) mass is 531 g/mol. The summed E-state index contributed by atoms with van der Waals surface area (Å²) in [6.07, 6.45) is 3.54. The summed E-state index contributed by atoms with van der Waals surface area (Å²) in [5.74, 6) is 2.55. The predicted octanol–water partition coefficient (Wildman–Crippen LogP) is 5.82. The summed E-state index contributed by atoms with van der Waals surface area (Å²) in [5.41, 5.74) is 4.84. The number of hydrogen-bond acceptors (Lipinski definition) is 8. The van der Waals surface area contributed by atoms with E-state index in [4.69, 9.17) is 14.5 Å². The van der Waals surface area contributed by atoms with E-state index in [0.717, 1.165) is 52.0 Å². The molecule has 2 aliphatic rings. The number of anilines is 1. The molecule has 2 aromatic heterocycles. The summed E-state index contributed by atoms with van der Waals surface area (Å²) in [7, 11) is 0. The van der Waals surface area contributed by atoms with Crippen LogP contribution in [0.25, 0.3) is 11.3 Å². The molecule has 0 amide bonds. The highest BCUT2D eigenvalue weighted by molar-refractivity contribution is 5.71. The molecule has 0 unspecified atom stereocenters. The number of hydrogen-bond donors (Lipinski definition) is 2. The predicted molar refractivity (Wildman–Crippen MR) is 142 cm³/mol. The first-order valence-electron chi connectivity index (χ1n) is 13.0. The zero-order chi connectivity index (χ0) is 27.3. The number of aryl methyl sites for hydroxylation is 3. The van der Waals surface area contributed by atoms with Gasteiger partial charge in [0.25, 0.3) is 0 Å². The van der Waals surface area contributed by atoms with Crippen molar-refractivity contribution < 1.29 is 28.9 Å². The lowest BCUT2D eigenvalue weighted by atomic mass is 9.83. The summed E-state index contributed by atoms with van der Waals surface area (Å²) in [4.78, 5) is 10.4. The van der Waals surface area contributed by atoms with Gasteiger partial charge in [-0.05, 0) is 92.3 Å². The second-order valence-corrected chi connectivity index (χ2v) is 10.7. The molecule has 202 valence electrons. The maximum absolute atomic E-state index is 14.0. The van der Waals surface area contributed by atoms with Crippen molar-refractivity contribution in [2.45, 2.75) is 51.7 Å². The number of halogens is 1. The lowest BCUT2D eigenvalue weighted by Gasteiger charge is -2.48. The molecule has 9 heteroatoms. The zero-order valence-corrected chi connectivity index (χ0v) is 22.1. The number of benzene rings is 2. The smallest absolute Gasteiger partial charge is 0.183 e. The maximum Gasteiger partial charge on any atom is 0.183 e. The number of rotatable bonds is 8. The third-order valence-corrected chi connectivity index (χ3v) is 7.64. The molecule has 2 aromatic carbocycles. The third-order valence-electron chi connectivity index (χ3n) is 7.64. The van der Waals surface area contributed by atoms with Gasteiger partial charge in [-0.2, -0.15) is 0 Å². The van der Waals surface area contributed by atoms with E-state index in [0.29, 0.717) is 36.3 Å². The first-order valence-corrected chi connectivity index (χ1v) is 13.0. The second kappa shape index (κ2) is 9.66. The van der Waals surface area contributed by atoms with Gasteiger partial charge in [0.1, 0.15) is 41.0 Å². The van der Waals surface area contributed by atoms with E-state index in [2.05, 4.69) is 15.0 Å². The Kier molecular flexibility index (Phi) is 6.28. The van der Waals surface area contributed by atoms with E-state index in [1.165, 1.54) is 18.3 Å². The molecule has 1 saturated heterocycles. The summed E-state index contributed by atoms with van der Waals surface area (Å²) in [6, 6.07) is 12.1. The zero-order valence-electron chi connectivity index (χ0n) is 22.1. The number of β-amino-alcohol motifs (C(OH)–C–C–N with tert-alkyl or cyclic N) is 1. The second-order valence-electron chi connectivity index (χ2n) is 10.7. The van der Waals surface area contributed by atoms with Gasteiger partial charge >= 0.3 is 0 Å². The average molecular weight is 532 g/mol. The molecule has 2 fully saturated rings. The Hall–Kier alpha value is -3.95. The highest BCUT2D eigenvalue weighted by Gasteiger charge is 2.44. The minimum Gasteiger partial charge on any atom is -0.489 e. The van der Waals surface area contributed by atoms with Gasteiger partial charge in [0, 0.05) is 11.5 Å². The van der Waals surface area contributed by atoms with Gasteiger partial charge < -0.3 is 24.2 Å². The number of ether oxygens (including phenoxy) is 1. The Morgan fingerprint density at radius 3 is 2.36 bits per heavy atom. The largest absolute Gasteiger partial charge is 0.489 e. The lowest BCUT2D eigenvalue weighted by molar-refractivity contribution is -0.137. The minimum atomic E-state index is -1.01. The van der Waals surface area contributed by atoms with Gasteiger partial charge in [-0.1, -0.05) is 11.2 Å². The molecular weight excluding hydrogens is 501 g/mol. The minimum absolute atomic E-state index is 0.256. The summed E-state index contributed by atoms with van der Waals surface area (Å²) in [5, 5.41) is 24.4. The van der Waals surface area contributed by atoms with Gasteiger partial charge in [0.05, 0.1) is 24.8 Å². The van der Waals surface area contributed by atoms with Crippen LogP contribution >= 0.6 is 0 Å². The molecule has 1 saturated carbocycles. The van der Waals surface area contributed by atoms with Gasteiger partial charge in [-0.3, -0.25) is 0 Å². The fraction of sp³-hybridized carbons (Fsp3) is 0.333. The Morgan fingerprint density at radius 2 is 1.74 bits per heavy atom. The molecule has 6 rings (SSSR count). The van der Waals surface area contributed by atoms with Crippen molar-refractivity contribution in [3.63, 3.8) is 0 Å². The van der Waals surface area contributed by atoms with Crippen LogP contribution in [0.3, 0.4) is 0 Å². The average Bonchev–Trinajstić information content (AvgIpc) is 3.65. The standard InChI is InChI=1S/C30H30FN3O5/c1-17-12-22(6-8-25(17)30(35)15-34(16-30)26-9-7-23(39-36)13-32-26)37-14-24-28(33-38-29(24)20-4-5-20)27-18(2)10-21(31)11-19(27)3/h6-13,20,35-36H,4-5,14-16H2,1-3H3. The molecule has 8 nitrogen and oxygen atoms in total. The normalized spacial score (nSPS) is 16.2. The van der Waals surface area contributed by atoms with Crippen LogP contribution in [0.2, 0.25) is 0 Å². The topological polar surface area (TPSA) is 101 Å². The van der Waals surface area contributed by atoms with Crippen LogP contribution in [-0.4, -0.2) is 33.6 Å². The molecule has 3 heterocycles. The number of aliphatic hydroxyl groups is 1. The molecule has 0 bridgehead atoms. The quantitative estimate of drug-likeness (QED) is 0.217. The maximum atomic E-state index is 14.0.